The number of hydrogen-bond acceptors (Lipinski definition) is 2. The summed E-state index contributed by atoms with van der Waals surface area (Å²) in [5.41, 5.74) is -0.576. The topological polar surface area (TPSA) is 34.1 Å². The standard InChI is InChI=1S/C16H8ClF3O2/c17-12-6-5-8(7-11(12)16(18,19)20)13-14(21)9-3-1-2-4-10(9)15(13)22/h1-7,13H. The summed E-state index contributed by atoms with van der Waals surface area (Å²) in [4.78, 5) is 24.6. The fraction of sp³-hybridized carbons (Fsp3) is 0.125. The van der Waals surface area contributed by atoms with Crippen LogP contribution in [0.5, 0.6) is 0 Å². The predicted octanol–water partition coefficient (Wildman–Crippen LogP) is 4.52. The van der Waals surface area contributed by atoms with Gasteiger partial charge < -0.3 is 0 Å². The number of benzene rings is 2. The molecule has 0 unspecified atom stereocenters. The molecule has 0 heterocycles. The number of Topliss-reactive ketones (excluding diaryl/α,β-unsaturated/α-hetero) is 2. The predicted molar refractivity (Wildman–Crippen MR) is 74.3 cm³/mol. The van der Waals surface area contributed by atoms with Gasteiger partial charge in [-0.1, -0.05) is 41.9 Å². The SMILES string of the molecule is O=C1c2ccccc2C(=O)C1c1ccc(Cl)c(C(F)(F)F)c1. The Morgan fingerprint density at radius 3 is 1.95 bits per heavy atom. The van der Waals surface area contributed by atoms with E-state index in [1.54, 1.807) is 12.1 Å². The highest BCUT2D eigenvalue weighted by Gasteiger charge is 2.41. The number of carbonyl (C=O) groups excluding carboxylic acids is 2. The summed E-state index contributed by atoms with van der Waals surface area (Å²) in [6.45, 7) is 0. The third kappa shape index (κ3) is 2.22. The Kier molecular flexibility index (Phi) is 3.33. The Balaban J connectivity index is 2.11. The molecule has 0 amide bonds. The van der Waals surface area contributed by atoms with Gasteiger partial charge in [0.15, 0.2) is 11.6 Å². The van der Waals surface area contributed by atoms with E-state index in [2.05, 4.69) is 0 Å². The highest BCUT2D eigenvalue weighted by Crippen LogP contribution is 2.39. The van der Waals surface area contributed by atoms with E-state index in [0.29, 0.717) is 0 Å². The molecule has 0 spiro atoms. The van der Waals surface area contributed by atoms with Crippen molar-refractivity contribution in [3.8, 4) is 0 Å². The molecule has 22 heavy (non-hydrogen) atoms. The summed E-state index contributed by atoms with van der Waals surface area (Å²) >= 11 is 5.56. The van der Waals surface area contributed by atoms with Gasteiger partial charge in [0, 0.05) is 11.1 Å². The average molecular weight is 325 g/mol. The first kappa shape index (κ1) is 14.8. The zero-order chi connectivity index (χ0) is 16.1. The van der Waals surface area contributed by atoms with Crippen molar-refractivity contribution in [2.24, 2.45) is 0 Å². The maximum Gasteiger partial charge on any atom is 0.417 e. The second-order valence-corrected chi connectivity index (χ2v) is 5.35. The lowest BCUT2D eigenvalue weighted by molar-refractivity contribution is -0.137. The van der Waals surface area contributed by atoms with Crippen LogP contribution in [0, 0.1) is 0 Å². The normalized spacial score (nSPS) is 15.3. The van der Waals surface area contributed by atoms with Crippen LogP contribution in [0.25, 0.3) is 0 Å². The van der Waals surface area contributed by atoms with E-state index in [0.717, 1.165) is 12.1 Å². The highest BCUT2D eigenvalue weighted by molar-refractivity contribution is 6.32. The number of fused-ring (bicyclic) bond motifs is 1. The molecule has 6 heteroatoms. The zero-order valence-corrected chi connectivity index (χ0v) is 11.7. The number of ketones is 2. The van der Waals surface area contributed by atoms with E-state index >= 15 is 0 Å². The van der Waals surface area contributed by atoms with Gasteiger partial charge in [-0.15, -0.1) is 0 Å². The molecule has 0 aliphatic heterocycles. The fourth-order valence-electron chi connectivity index (χ4n) is 2.59. The molecule has 1 aliphatic carbocycles. The largest absolute Gasteiger partial charge is 0.417 e. The van der Waals surface area contributed by atoms with Crippen molar-refractivity contribution in [2.75, 3.05) is 0 Å². The lowest BCUT2D eigenvalue weighted by Gasteiger charge is -2.13. The fourth-order valence-corrected chi connectivity index (χ4v) is 2.81. The number of carbonyl (C=O) groups is 2. The van der Waals surface area contributed by atoms with Gasteiger partial charge in [-0.2, -0.15) is 13.2 Å². The monoisotopic (exact) mass is 324 g/mol. The minimum atomic E-state index is -4.65. The first-order chi connectivity index (χ1) is 10.3. The second kappa shape index (κ2) is 4.95. The number of hydrogen-bond donors (Lipinski definition) is 0. The highest BCUT2D eigenvalue weighted by atomic mass is 35.5. The molecular weight excluding hydrogens is 317 g/mol. The van der Waals surface area contributed by atoms with Crippen LogP contribution >= 0.6 is 11.6 Å². The van der Waals surface area contributed by atoms with Gasteiger partial charge in [0.1, 0.15) is 5.92 Å². The van der Waals surface area contributed by atoms with Crippen molar-refractivity contribution in [1.82, 2.24) is 0 Å². The molecule has 0 atom stereocenters. The summed E-state index contributed by atoms with van der Waals surface area (Å²) < 4.78 is 38.8. The van der Waals surface area contributed by atoms with Crippen LogP contribution in [-0.2, 0) is 6.18 Å². The molecule has 0 saturated carbocycles. The molecule has 0 fully saturated rings. The maximum atomic E-state index is 12.9. The minimum absolute atomic E-state index is 0.00271. The molecule has 2 nitrogen and oxygen atoms in total. The lowest BCUT2D eigenvalue weighted by atomic mass is 9.93. The molecule has 0 N–H and O–H groups in total. The Morgan fingerprint density at radius 2 is 1.45 bits per heavy atom. The van der Waals surface area contributed by atoms with E-state index < -0.39 is 34.2 Å². The van der Waals surface area contributed by atoms with Crippen molar-refractivity contribution in [2.45, 2.75) is 12.1 Å². The number of rotatable bonds is 1. The maximum absolute atomic E-state index is 12.9. The van der Waals surface area contributed by atoms with Crippen LogP contribution in [0.3, 0.4) is 0 Å². The molecule has 0 aromatic heterocycles. The third-order valence-electron chi connectivity index (χ3n) is 3.61. The van der Waals surface area contributed by atoms with Crippen LogP contribution in [0.1, 0.15) is 37.8 Å². The number of alkyl halides is 3. The zero-order valence-electron chi connectivity index (χ0n) is 10.9. The Hall–Kier alpha value is -2.14. The smallest absolute Gasteiger partial charge is 0.293 e. The number of halogens is 4. The van der Waals surface area contributed by atoms with Crippen LogP contribution in [0.4, 0.5) is 13.2 Å². The van der Waals surface area contributed by atoms with Crippen LogP contribution in [0.15, 0.2) is 42.5 Å². The van der Waals surface area contributed by atoms with Gasteiger partial charge in [-0.3, -0.25) is 9.59 Å². The molecule has 0 saturated heterocycles. The van der Waals surface area contributed by atoms with Gasteiger partial charge in [-0.25, -0.2) is 0 Å². The van der Waals surface area contributed by atoms with Crippen LogP contribution in [0.2, 0.25) is 5.02 Å². The molecule has 2 aromatic carbocycles. The summed E-state index contributed by atoms with van der Waals surface area (Å²) in [5, 5.41) is -0.466. The Labute approximate surface area is 128 Å². The van der Waals surface area contributed by atoms with Crippen molar-refractivity contribution in [3.05, 3.63) is 69.7 Å². The Bertz CT molecular complexity index is 761. The summed E-state index contributed by atoms with van der Waals surface area (Å²) in [6, 6.07) is 9.32. The summed E-state index contributed by atoms with van der Waals surface area (Å²) in [7, 11) is 0. The van der Waals surface area contributed by atoms with E-state index in [1.165, 1.54) is 18.2 Å². The van der Waals surface area contributed by atoms with Crippen molar-refractivity contribution < 1.29 is 22.8 Å². The minimum Gasteiger partial charge on any atom is -0.293 e. The van der Waals surface area contributed by atoms with Gasteiger partial charge >= 0.3 is 6.18 Å². The molecule has 2 aromatic rings. The van der Waals surface area contributed by atoms with Gasteiger partial charge in [0.2, 0.25) is 0 Å². The molecule has 1 aliphatic rings. The molecule has 3 rings (SSSR count). The van der Waals surface area contributed by atoms with E-state index in [4.69, 9.17) is 11.6 Å². The summed E-state index contributed by atoms with van der Waals surface area (Å²) in [5.74, 6) is -2.22. The molecule has 0 bridgehead atoms. The van der Waals surface area contributed by atoms with Crippen molar-refractivity contribution in [1.29, 1.82) is 0 Å². The first-order valence-corrected chi connectivity index (χ1v) is 6.72. The van der Waals surface area contributed by atoms with Gasteiger partial charge in [-0.05, 0) is 17.7 Å². The van der Waals surface area contributed by atoms with Crippen LogP contribution < -0.4 is 0 Å². The average Bonchev–Trinajstić information content (AvgIpc) is 2.71. The van der Waals surface area contributed by atoms with Crippen molar-refractivity contribution >= 4 is 23.2 Å². The first-order valence-electron chi connectivity index (χ1n) is 6.35. The lowest BCUT2D eigenvalue weighted by Crippen LogP contribution is -2.15. The molecule has 112 valence electrons. The van der Waals surface area contributed by atoms with E-state index in [1.807, 2.05) is 0 Å². The summed E-state index contributed by atoms with van der Waals surface area (Å²) in [6.07, 6.45) is -4.65. The van der Waals surface area contributed by atoms with E-state index in [9.17, 15) is 22.8 Å². The van der Waals surface area contributed by atoms with E-state index in [-0.39, 0.29) is 16.7 Å². The third-order valence-corrected chi connectivity index (χ3v) is 3.94. The quantitative estimate of drug-likeness (QED) is 0.723. The second-order valence-electron chi connectivity index (χ2n) is 4.94. The molecular formula is C16H8ClF3O2. The van der Waals surface area contributed by atoms with Crippen LogP contribution in [-0.4, -0.2) is 11.6 Å². The van der Waals surface area contributed by atoms with Gasteiger partial charge in [0.05, 0.1) is 10.6 Å². The van der Waals surface area contributed by atoms with Crippen molar-refractivity contribution in [3.63, 3.8) is 0 Å². The van der Waals surface area contributed by atoms with Gasteiger partial charge in [0.25, 0.3) is 0 Å². The molecule has 0 radical (unpaired) electrons. The Morgan fingerprint density at radius 1 is 0.909 bits per heavy atom.